The van der Waals surface area contributed by atoms with Crippen molar-refractivity contribution in [3.8, 4) is 22.9 Å². The van der Waals surface area contributed by atoms with Gasteiger partial charge in [0.2, 0.25) is 5.91 Å². The van der Waals surface area contributed by atoms with Gasteiger partial charge in [0.25, 0.3) is 0 Å². The van der Waals surface area contributed by atoms with Crippen molar-refractivity contribution in [3.63, 3.8) is 0 Å². The predicted octanol–water partition coefficient (Wildman–Crippen LogP) is 4.67. The van der Waals surface area contributed by atoms with E-state index < -0.39 is 29.5 Å². The zero-order chi connectivity index (χ0) is 32.1. The maximum atomic E-state index is 13.5. The second-order valence-electron chi connectivity index (χ2n) is 11.8. The summed E-state index contributed by atoms with van der Waals surface area (Å²) in [4.78, 5) is 49.8. The number of urea groups is 1. The number of benzene rings is 1. The zero-order valence-corrected chi connectivity index (χ0v) is 26.8. The Morgan fingerprint density at radius 1 is 1.22 bits per heavy atom. The van der Waals surface area contributed by atoms with Crippen LogP contribution in [0.25, 0.3) is 22.3 Å². The standard InChI is InChI=1S/C32H40N6O6S/c1-19(2)33-30-35-26(18-45-30)25-16-27(22-11-10-21(43-4)15-24(22)34-25)44-14-12-23-28(39)37-32(29(40)41)17-20(32)9-7-5-6-8-13-38(3)31(42)36-23/h7,9-11,15-16,18-20,23H,5-6,8,12-14,17H2,1-4H3,(H,33,35)(H,36,42)(H,37,39)(H,40,41). The number of carbonyl (C=O) groups is 3. The lowest BCUT2D eigenvalue weighted by molar-refractivity contribution is -0.143. The number of ether oxygens (including phenoxy) is 2. The molecule has 0 radical (unpaired) electrons. The van der Waals surface area contributed by atoms with E-state index in [9.17, 15) is 19.5 Å². The first kappa shape index (κ1) is 32.0. The Balaban J connectivity index is 1.38. The highest BCUT2D eigenvalue weighted by Gasteiger charge is 2.60. The number of pyridine rings is 1. The van der Waals surface area contributed by atoms with Gasteiger partial charge in [0.1, 0.15) is 28.8 Å². The molecule has 3 amide bonds. The number of methoxy groups -OCH3 is 1. The second-order valence-corrected chi connectivity index (χ2v) is 12.6. The molecule has 1 aliphatic heterocycles. The van der Waals surface area contributed by atoms with Crippen LogP contribution in [0.2, 0.25) is 0 Å². The molecule has 0 bridgehead atoms. The van der Waals surface area contributed by atoms with E-state index in [1.165, 1.54) is 16.2 Å². The smallest absolute Gasteiger partial charge is 0.330 e. The molecule has 13 heteroatoms. The van der Waals surface area contributed by atoms with E-state index in [1.54, 1.807) is 14.2 Å². The van der Waals surface area contributed by atoms with Crippen molar-refractivity contribution in [1.29, 1.82) is 0 Å². The van der Waals surface area contributed by atoms with Gasteiger partial charge in [-0.3, -0.25) is 4.79 Å². The molecule has 4 N–H and O–H groups in total. The summed E-state index contributed by atoms with van der Waals surface area (Å²) in [5.41, 5.74) is 0.570. The monoisotopic (exact) mass is 636 g/mol. The molecule has 3 atom stereocenters. The van der Waals surface area contributed by atoms with Crippen LogP contribution in [-0.2, 0) is 9.59 Å². The van der Waals surface area contributed by atoms with Gasteiger partial charge in [0.05, 0.1) is 24.9 Å². The van der Waals surface area contributed by atoms with Gasteiger partial charge in [0, 0.05) is 54.9 Å². The summed E-state index contributed by atoms with van der Waals surface area (Å²) < 4.78 is 11.7. The highest BCUT2D eigenvalue weighted by atomic mass is 32.1. The molecular formula is C32H40N6O6S. The number of fused-ring (bicyclic) bond motifs is 2. The largest absolute Gasteiger partial charge is 0.497 e. The minimum Gasteiger partial charge on any atom is -0.497 e. The maximum absolute atomic E-state index is 13.5. The second kappa shape index (κ2) is 13.7. The van der Waals surface area contributed by atoms with Crippen molar-refractivity contribution in [3.05, 3.63) is 41.8 Å². The van der Waals surface area contributed by atoms with E-state index in [-0.39, 0.29) is 25.0 Å². The van der Waals surface area contributed by atoms with Gasteiger partial charge in [-0.2, -0.15) is 0 Å². The summed E-state index contributed by atoms with van der Waals surface area (Å²) >= 11 is 1.48. The molecule has 12 nitrogen and oxygen atoms in total. The number of aliphatic carboxylic acids is 1. The van der Waals surface area contributed by atoms with Gasteiger partial charge in [-0.25, -0.2) is 19.6 Å². The maximum Gasteiger partial charge on any atom is 0.330 e. The topological polar surface area (TPSA) is 155 Å². The summed E-state index contributed by atoms with van der Waals surface area (Å²) in [5.74, 6) is -0.771. The third-order valence-corrected chi connectivity index (χ3v) is 8.78. The average Bonchev–Trinajstić information content (AvgIpc) is 3.51. The molecule has 2 aromatic heterocycles. The molecule has 1 aromatic carbocycles. The minimum atomic E-state index is -1.38. The highest BCUT2D eigenvalue weighted by Crippen LogP contribution is 2.45. The highest BCUT2D eigenvalue weighted by molar-refractivity contribution is 7.14. The molecule has 0 spiro atoms. The summed E-state index contributed by atoms with van der Waals surface area (Å²) in [7, 11) is 3.27. The Bertz CT molecular complexity index is 1590. The fourth-order valence-corrected chi connectivity index (χ4v) is 6.17. The fourth-order valence-electron chi connectivity index (χ4n) is 5.32. The van der Waals surface area contributed by atoms with Gasteiger partial charge in [-0.05, 0) is 51.7 Å². The van der Waals surface area contributed by atoms with E-state index >= 15 is 0 Å². The molecule has 1 saturated carbocycles. The SMILES string of the molecule is COc1ccc2c(OCCC3NC(=O)N(C)CCCCC=CC4CC4(C(=O)O)NC3=O)cc(-c3csc(NC(C)C)n3)nc2c1. The number of carboxylic acids is 1. The number of rotatable bonds is 9. The molecule has 5 rings (SSSR count). The molecule has 3 aromatic rings. The summed E-state index contributed by atoms with van der Waals surface area (Å²) in [6.45, 7) is 4.68. The molecule has 240 valence electrons. The van der Waals surface area contributed by atoms with Crippen molar-refractivity contribution in [2.75, 3.05) is 32.6 Å². The number of carboxylic acid groups (broad SMARTS) is 1. The first-order chi connectivity index (χ1) is 21.6. The quantitative estimate of drug-likeness (QED) is 0.245. The van der Waals surface area contributed by atoms with Gasteiger partial charge in [-0.1, -0.05) is 12.2 Å². The summed E-state index contributed by atoms with van der Waals surface area (Å²) in [5, 5.41) is 22.3. The van der Waals surface area contributed by atoms with Crippen LogP contribution < -0.4 is 25.4 Å². The molecule has 3 heterocycles. The van der Waals surface area contributed by atoms with E-state index in [2.05, 4.69) is 20.9 Å². The number of hydrogen-bond donors (Lipinski definition) is 4. The zero-order valence-electron chi connectivity index (χ0n) is 26.0. The molecule has 0 saturated heterocycles. The van der Waals surface area contributed by atoms with Crippen molar-refractivity contribution in [2.45, 2.75) is 63.6 Å². The number of thiazole rings is 1. The van der Waals surface area contributed by atoms with Crippen LogP contribution in [0.3, 0.4) is 0 Å². The number of carbonyl (C=O) groups excluding carboxylic acids is 2. The normalized spacial score (nSPS) is 22.3. The third-order valence-electron chi connectivity index (χ3n) is 8.01. The van der Waals surface area contributed by atoms with E-state index in [0.29, 0.717) is 41.4 Å². The fraction of sp³-hybridized carbons (Fsp3) is 0.469. The van der Waals surface area contributed by atoms with Crippen LogP contribution in [-0.4, -0.2) is 82.8 Å². The molecule has 3 unspecified atom stereocenters. The van der Waals surface area contributed by atoms with Crippen LogP contribution in [0.1, 0.15) is 46.0 Å². The first-order valence-electron chi connectivity index (χ1n) is 15.2. The minimum absolute atomic E-state index is 0.0628. The Kier molecular flexibility index (Phi) is 9.76. The van der Waals surface area contributed by atoms with Gasteiger partial charge in [-0.15, -0.1) is 11.3 Å². The Morgan fingerprint density at radius 2 is 2.04 bits per heavy atom. The van der Waals surface area contributed by atoms with Crippen LogP contribution in [0.5, 0.6) is 11.5 Å². The number of amides is 3. The van der Waals surface area contributed by atoms with Gasteiger partial charge < -0.3 is 35.4 Å². The van der Waals surface area contributed by atoms with Crippen molar-refractivity contribution in [1.82, 2.24) is 25.5 Å². The van der Waals surface area contributed by atoms with Crippen LogP contribution >= 0.6 is 11.3 Å². The van der Waals surface area contributed by atoms with Gasteiger partial charge >= 0.3 is 12.0 Å². The lowest BCUT2D eigenvalue weighted by Crippen LogP contribution is -2.55. The predicted molar refractivity (Wildman–Crippen MR) is 173 cm³/mol. The number of nitrogens with one attached hydrogen (secondary N) is 3. The molecule has 1 aliphatic carbocycles. The van der Waals surface area contributed by atoms with Crippen molar-refractivity contribution >= 4 is 45.3 Å². The van der Waals surface area contributed by atoms with Crippen LogP contribution in [0.4, 0.5) is 9.93 Å². The van der Waals surface area contributed by atoms with Gasteiger partial charge in [0.15, 0.2) is 5.13 Å². The molecule has 45 heavy (non-hydrogen) atoms. The number of hydrogen-bond acceptors (Lipinski definition) is 9. The lowest BCUT2D eigenvalue weighted by Gasteiger charge is -2.25. The van der Waals surface area contributed by atoms with E-state index in [1.807, 2.05) is 55.6 Å². The van der Waals surface area contributed by atoms with Crippen LogP contribution in [0, 0.1) is 5.92 Å². The Hall–Kier alpha value is -4.39. The molecular weight excluding hydrogens is 596 g/mol. The number of anilines is 1. The van der Waals surface area contributed by atoms with Crippen molar-refractivity contribution < 1.29 is 29.0 Å². The van der Waals surface area contributed by atoms with Crippen LogP contribution in [0.15, 0.2) is 41.8 Å². The molecule has 1 fully saturated rings. The average molecular weight is 637 g/mol. The number of aromatic nitrogens is 2. The first-order valence-corrected chi connectivity index (χ1v) is 16.1. The molecule has 2 aliphatic rings. The summed E-state index contributed by atoms with van der Waals surface area (Å²) in [6.07, 6.45) is 6.71. The lowest BCUT2D eigenvalue weighted by atomic mass is 10.1. The van der Waals surface area contributed by atoms with E-state index in [0.717, 1.165) is 29.8 Å². The van der Waals surface area contributed by atoms with Crippen molar-refractivity contribution in [2.24, 2.45) is 5.92 Å². The Morgan fingerprint density at radius 3 is 2.80 bits per heavy atom. The number of allylic oxidation sites excluding steroid dienone is 1. The summed E-state index contributed by atoms with van der Waals surface area (Å²) in [6, 6.07) is 6.11. The third kappa shape index (κ3) is 7.47. The number of nitrogens with zero attached hydrogens (tertiary/aromatic N) is 3. The Labute approximate surface area is 266 Å². The van der Waals surface area contributed by atoms with E-state index in [4.69, 9.17) is 14.5 Å².